The summed E-state index contributed by atoms with van der Waals surface area (Å²) in [6.45, 7) is 0.594. The van der Waals surface area contributed by atoms with Gasteiger partial charge in [-0.3, -0.25) is 0 Å². The van der Waals surface area contributed by atoms with E-state index >= 15 is 0 Å². The van der Waals surface area contributed by atoms with E-state index in [-0.39, 0.29) is 12.3 Å². The Morgan fingerprint density at radius 3 is 2.39 bits per heavy atom. The highest BCUT2D eigenvalue weighted by molar-refractivity contribution is 7.88. The van der Waals surface area contributed by atoms with Crippen molar-refractivity contribution in [3.05, 3.63) is 29.8 Å². The lowest BCUT2D eigenvalue weighted by Crippen LogP contribution is -2.43. The average Bonchev–Trinajstić information content (AvgIpc) is 2.30. The maximum absolute atomic E-state index is 11.7. The molecular formula is C11H18N2O4S. The number of benzene rings is 1. The van der Waals surface area contributed by atoms with Gasteiger partial charge in [-0.2, -0.15) is 0 Å². The third kappa shape index (κ3) is 5.01. The van der Waals surface area contributed by atoms with Gasteiger partial charge in [-0.25, -0.2) is 13.1 Å². The summed E-state index contributed by atoms with van der Waals surface area (Å²) >= 11 is 0. The lowest BCUT2D eigenvalue weighted by Gasteiger charge is -2.20. The van der Waals surface area contributed by atoms with E-state index in [2.05, 4.69) is 4.72 Å². The van der Waals surface area contributed by atoms with Crippen molar-refractivity contribution in [1.29, 1.82) is 0 Å². The molecule has 0 bridgehead atoms. The number of aliphatic hydroxyl groups excluding tert-OH is 1. The number of hydrogen-bond donors (Lipinski definition) is 4. The van der Waals surface area contributed by atoms with Crippen molar-refractivity contribution < 1.29 is 18.6 Å². The highest BCUT2D eigenvalue weighted by Crippen LogP contribution is 2.09. The van der Waals surface area contributed by atoms with Gasteiger partial charge in [0.05, 0.1) is 18.0 Å². The standard InChI is InChI=1S/C11H18N2O4S/c1-11(15,8-14)7-13-18(16,17)6-9-2-4-10(12)5-3-9/h2-5,13-15H,6-8,12H2,1H3. The van der Waals surface area contributed by atoms with E-state index in [0.717, 1.165) is 0 Å². The van der Waals surface area contributed by atoms with Gasteiger partial charge in [0, 0.05) is 12.2 Å². The van der Waals surface area contributed by atoms with E-state index in [0.29, 0.717) is 11.3 Å². The molecule has 0 aliphatic rings. The maximum atomic E-state index is 11.7. The molecule has 0 aliphatic carbocycles. The summed E-state index contributed by atoms with van der Waals surface area (Å²) in [5.41, 5.74) is 5.19. The minimum Gasteiger partial charge on any atom is -0.399 e. The quantitative estimate of drug-likeness (QED) is 0.519. The summed E-state index contributed by atoms with van der Waals surface area (Å²) in [6.07, 6.45) is 0. The third-order valence-electron chi connectivity index (χ3n) is 2.35. The summed E-state index contributed by atoms with van der Waals surface area (Å²) in [5.74, 6) is -0.200. The van der Waals surface area contributed by atoms with E-state index in [1.807, 2.05) is 0 Å². The second-order valence-electron chi connectivity index (χ2n) is 4.48. The zero-order chi connectivity index (χ0) is 13.8. The number of hydrogen-bond acceptors (Lipinski definition) is 5. The van der Waals surface area contributed by atoms with Gasteiger partial charge < -0.3 is 15.9 Å². The Bertz CT molecular complexity index is 482. The van der Waals surface area contributed by atoms with Crippen molar-refractivity contribution in [1.82, 2.24) is 4.72 Å². The summed E-state index contributed by atoms with van der Waals surface area (Å²) in [5, 5.41) is 18.3. The van der Waals surface area contributed by atoms with E-state index in [1.165, 1.54) is 6.92 Å². The number of nitrogens with one attached hydrogen (secondary N) is 1. The predicted molar refractivity (Wildman–Crippen MR) is 69.2 cm³/mol. The lowest BCUT2D eigenvalue weighted by molar-refractivity contribution is 0.00680. The number of rotatable bonds is 6. The largest absolute Gasteiger partial charge is 0.399 e. The van der Waals surface area contributed by atoms with Crippen LogP contribution in [0.25, 0.3) is 0 Å². The van der Waals surface area contributed by atoms with E-state index in [1.54, 1.807) is 24.3 Å². The Balaban J connectivity index is 2.63. The molecule has 0 heterocycles. The molecule has 18 heavy (non-hydrogen) atoms. The van der Waals surface area contributed by atoms with Crippen LogP contribution in [0.15, 0.2) is 24.3 Å². The van der Waals surface area contributed by atoms with Crippen LogP contribution in [0.2, 0.25) is 0 Å². The Kier molecular flexibility index (Phi) is 4.69. The molecular weight excluding hydrogens is 256 g/mol. The summed E-state index contributed by atoms with van der Waals surface area (Å²) in [6, 6.07) is 6.49. The molecule has 0 aromatic heterocycles. The van der Waals surface area contributed by atoms with Crippen LogP contribution in [0.5, 0.6) is 0 Å². The zero-order valence-corrected chi connectivity index (χ0v) is 10.9. The molecule has 0 spiro atoms. The number of aliphatic hydroxyl groups is 2. The van der Waals surface area contributed by atoms with E-state index < -0.39 is 22.2 Å². The van der Waals surface area contributed by atoms with E-state index in [4.69, 9.17) is 10.8 Å². The van der Waals surface area contributed by atoms with Crippen LogP contribution < -0.4 is 10.5 Å². The molecule has 1 aromatic rings. The van der Waals surface area contributed by atoms with E-state index in [9.17, 15) is 13.5 Å². The Morgan fingerprint density at radius 2 is 1.89 bits per heavy atom. The van der Waals surface area contributed by atoms with Gasteiger partial charge in [0.2, 0.25) is 10.0 Å². The van der Waals surface area contributed by atoms with Crippen LogP contribution in [0.1, 0.15) is 12.5 Å². The number of nitrogens with two attached hydrogens (primary N) is 1. The third-order valence-corrected chi connectivity index (χ3v) is 3.65. The van der Waals surface area contributed by atoms with Gasteiger partial charge in [-0.05, 0) is 24.6 Å². The Hall–Kier alpha value is -1.15. The molecule has 1 atom stereocenters. The molecule has 0 amide bonds. The fourth-order valence-corrected chi connectivity index (χ4v) is 2.47. The van der Waals surface area contributed by atoms with Crippen LogP contribution in [0.4, 0.5) is 5.69 Å². The maximum Gasteiger partial charge on any atom is 0.215 e. The predicted octanol–water partition coefficient (Wildman–Crippen LogP) is -0.568. The van der Waals surface area contributed by atoms with Gasteiger partial charge in [0.1, 0.15) is 0 Å². The number of anilines is 1. The second-order valence-corrected chi connectivity index (χ2v) is 6.28. The smallest absolute Gasteiger partial charge is 0.215 e. The van der Waals surface area contributed by atoms with Crippen molar-refractivity contribution in [2.45, 2.75) is 18.3 Å². The summed E-state index contributed by atoms with van der Waals surface area (Å²) < 4.78 is 25.7. The minimum absolute atomic E-state index is 0.200. The molecule has 102 valence electrons. The van der Waals surface area contributed by atoms with Crippen LogP contribution in [-0.4, -0.2) is 37.4 Å². The van der Waals surface area contributed by atoms with Crippen LogP contribution in [0.3, 0.4) is 0 Å². The Labute approximate surface area is 106 Å². The first-order valence-electron chi connectivity index (χ1n) is 5.39. The molecule has 0 saturated heterocycles. The van der Waals surface area contributed by atoms with Crippen molar-refractivity contribution in [2.24, 2.45) is 0 Å². The topological polar surface area (TPSA) is 113 Å². The molecule has 0 radical (unpaired) electrons. The Morgan fingerprint density at radius 1 is 1.33 bits per heavy atom. The molecule has 1 rings (SSSR count). The van der Waals surface area contributed by atoms with Gasteiger partial charge in [0.15, 0.2) is 0 Å². The highest BCUT2D eigenvalue weighted by Gasteiger charge is 2.22. The van der Waals surface area contributed by atoms with Crippen LogP contribution >= 0.6 is 0 Å². The van der Waals surface area contributed by atoms with Gasteiger partial charge >= 0.3 is 0 Å². The number of nitrogen functional groups attached to an aromatic ring is 1. The van der Waals surface area contributed by atoms with Gasteiger partial charge in [-0.15, -0.1) is 0 Å². The van der Waals surface area contributed by atoms with Crippen LogP contribution in [0, 0.1) is 0 Å². The molecule has 5 N–H and O–H groups in total. The summed E-state index contributed by atoms with van der Waals surface area (Å²) in [7, 11) is -3.55. The molecule has 1 aromatic carbocycles. The van der Waals surface area contributed by atoms with Crippen molar-refractivity contribution >= 4 is 15.7 Å². The van der Waals surface area contributed by atoms with Gasteiger partial charge in [-0.1, -0.05) is 12.1 Å². The summed E-state index contributed by atoms with van der Waals surface area (Å²) in [4.78, 5) is 0. The van der Waals surface area contributed by atoms with Crippen LogP contribution in [-0.2, 0) is 15.8 Å². The average molecular weight is 274 g/mol. The lowest BCUT2D eigenvalue weighted by atomic mass is 10.1. The SMILES string of the molecule is CC(O)(CO)CNS(=O)(=O)Cc1ccc(N)cc1. The molecule has 6 nitrogen and oxygen atoms in total. The molecule has 0 aliphatic heterocycles. The first-order valence-corrected chi connectivity index (χ1v) is 7.04. The molecule has 0 saturated carbocycles. The first kappa shape index (κ1) is 14.9. The molecule has 0 fully saturated rings. The van der Waals surface area contributed by atoms with Crippen molar-refractivity contribution in [3.63, 3.8) is 0 Å². The number of sulfonamides is 1. The molecule has 1 unspecified atom stereocenters. The normalized spacial score (nSPS) is 15.3. The highest BCUT2D eigenvalue weighted by atomic mass is 32.2. The fraction of sp³-hybridized carbons (Fsp3) is 0.455. The second kappa shape index (κ2) is 5.66. The van der Waals surface area contributed by atoms with Gasteiger partial charge in [0.25, 0.3) is 0 Å². The monoisotopic (exact) mass is 274 g/mol. The zero-order valence-electron chi connectivity index (χ0n) is 10.1. The fourth-order valence-electron chi connectivity index (χ4n) is 1.21. The van der Waals surface area contributed by atoms with Crippen molar-refractivity contribution in [2.75, 3.05) is 18.9 Å². The van der Waals surface area contributed by atoms with Crippen molar-refractivity contribution in [3.8, 4) is 0 Å². The molecule has 7 heteroatoms. The first-order chi connectivity index (χ1) is 8.24. The minimum atomic E-state index is -3.55.